The zero-order valence-electron chi connectivity index (χ0n) is 43.8. The highest BCUT2D eigenvalue weighted by atomic mass is 16.3. The summed E-state index contributed by atoms with van der Waals surface area (Å²) in [6.07, 6.45) is 0. The molecule has 2 heteroatoms. The van der Waals surface area contributed by atoms with Crippen molar-refractivity contribution in [2.24, 2.45) is 0 Å². The Morgan fingerprint density at radius 3 is 1.62 bits per heavy atom. The summed E-state index contributed by atoms with van der Waals surface area (Å²) >= 11 is 0. The van der Waals surface area contributed by atoms with E-state index in [1.807, 2.05) is 54.6 Å². The van der Waals surface area contributed by atoms with Crippen molar-refractivity contribution in [1.29, 1.82) is 0 Å². The maximum Gasteiger partial charge on any atom is 0.143 e. The Kier molecular flexibility index (Phi) is 3.67. The Bertz CT molecular complexity index is 4050. The summed E-state index contributed by atoms with van der Waals surface area (Å²) in [7, 11) is 0. The third-order valence-electron chi connectivity index (χ3n) is 9.54. The van der Waals surface area contributed by atoms with E-state index in [2.05, 4.69) is 0 Å². The number of para-hydroxylation sites is 2. The van der Waals surface area contributed by atoms with Crippen molar-refractivity contribution >= 4 is 65.4 Å². The van der Waals surface area contributed by atoms with E-state index in [9.17, 15) is 8.22 Å². The van der Waals surface area contributed by atoms with Gasteiger partial charge >= 0.3 is 0 Å². The molecule has 0 N–H and O–H groups in total. The van der Waals surface area contributed by atoms with Crippen molar-refractivity contribution in [2.75, 3.05) is 0 Å². The second-order valence-electron chi connectivity index (χ2n) is 12.3. The van der Waals surface area contributed by atoms with Crippen LogP contribution in [-0.4, -0.2) is 0 Å². The molecular weight excluding hydrogens is 633 g/mol. The average molecular weight is 680 g/mol. The lowest BCUT2D eigenvalue weighted by molar-refractivity contribution is 0.664. The summed E-state index contributed by atoms with van der Waals surface area (Å²) < 4.78 is 165. The number of hydrogen-bond donors (Lipinski definition) is 0. The summed E-state index contributed by atoms with van der Waals surface area (Å²) in [6, 6.07) is 10.7. The van der Waals surface area contributed by atoms with Gasteiger partial charge in [0.2, 0.25) is 0 Å². The zero-order valence-corrected chi connectivity index (χ0v) is 26.8. The molecule has 2 nitrogen and oxygen atoms in total. The second kappa shape index (κ2) is 11.3. The topological polar surface area (TPSA) is 26.3 Å². The summed E-state index contributed by atoms with van der Waals surface area (Å²) in [5.41, 5.74) is 1.83. The third-order valence-corrected chi connectivity index (χ3v) is 9.54. The molecule has 0 amide bonds. The molecule has 0 aliphatic carbocycles. The van der Waals surface area contributed by atoms with Gasteiger partial charge in [-0.15, -0.1) is 0 Å². The van der Waals surface area contributed by atoms with Gasteiger partial charge < -0.3 is 8.83 Å². The molecule has 0 aliphatic rings. The van der Waals surface area contributed by atoms with E-state index in [0.29, 0.717) is 27.9 Å². The van der Waals surface area contributed by atoms with Gasteiger partial charge in [0, 0.05) is 27.1 Å². The molecule has 0 aliphatic heterocycles. The van der Waals surface area contributed by atoms with Crippen LogP contribution in [0, 0.1) is 0 Å². The normalized spacial score (nSPS) is 16.4. The molecular formula is C50H30O2. The van der Waals surface area contributed by atoms with E-state index in [1.54, 1.807) is 24.3 Å². The minimum Gasteiger partial charge on any atom is -0.456 e. The maximum atomic E-state index is 9.44. The Morgan fingerprint density at radius 2 is 0.885 bits per heavy atom. The van der Waals surface area contributed by atoms with Crippen LogP contribution in [0.2, 0.25) is 0 Å². The van der Waals surface area contributed by atoms with Gasteiger partial charge in [-0.05, 0) is 78.7 Å². The first-order chi connectivity index (χ1) is 32.8. The van der Waals surface area contributed by atoms with E-state index in [0.717, 1.165) is 27.1 Å². The number of fused-ring (bicyclic) bond motifs is 8. The van der Waals surface area contributed by atoms with E-state index >= 15 is 0 Å². The highest BCUT2D eigenvalue weighted by Crippen LogP contribution is 2.47. The summed E-state index contributed by atoms with van der Waals surface area (Å²) in [4.78, 5) is 0. The molecule has 2 aromatic heterocycles. The van der Waals surface area contributed by atoms with E-state index in [4.69, 9.17) is 23.9 Å². The average Bonchev–Trinajstić information content (AvgIpc) is 3.91. The van der Waals surface area contributed by atoms with Gasteiger partial charge in [0.25, 0.3) is 0 Å². The van der Waals surface area contributed by atoms with Crippen LogP contribution in [0.3, 0.4) is 0 Å². The monoisotopic (exact) mass is 679 g/mol. The summed E-state index contributed by atoms with van der Waals surface area (Å²) in [6.45, 7) is 0. The lowest BCUT2D eigenvalue weighted by atomic mass is 9.83. The molecule has 2 heterocycles. The van der Waals surface area contributed by atoms with Crippen LogP contribution in [0.25, 0.3) is 110 Å². The fourth-order valence-corrected chi connectivity index (χ4v) is 7.29. The van der Waals surface area contributed by atoms with Crippen LogP contribution in [0.5, 0.6) is 0 Å². The molecule has 0 saturated heterocycles. The molecule has 9 aromatic carbocycles. The van der Waals surface area contributed by atoms with Gasteiger partial charge in [0.15, 0.2) is 0 Å². The van der Waals surface area contributed by atoms with Crippen LogP contribution in [0.4, 0.5) is 0 Å². The van der Waals surface area contributed by atoms with E-state index in [1.165, 1.54) is 0 Å². The van der Waals surface area contributed by atoms with Gasteiger partial charge in [0.1, 0.15) is 22.3 Å². The Morgan fingerprint density at radius 1 is 0.327 bits per heavy atom. The Balaban J connectivity index is 1.24. The summed E-state index contributed by atoms with van der Waals surface area (Å²) in [5, 5.41) is 2.14. The SMILES string of the molecule is [2H]c1c([2H])c([2H])c(-c2c([2H])c([2H])c([2H])c([2H])c2-c2c3c([2H])c([2H])c([2H])c([2H])c3c(-c3ccc(-c4cccc5c4oc4cc6c(cc45)oc4ccccc46)cc3)c3c([2H])c([2H])c([2H])c([2H])c23)c([2H])c1[2H]. The predicted octanol–water partition coefficient (Wildman–Crippen LogP) is 14.5. The second-order valence-corrected chi connectivity index (χ2v) is 12.3. The highest BCUT2D eigenvalue weighted by molar-refractivity contribution is 6.22. The highest BCUT2D eigenvalue weighted by Gasteiger charge is 2.20. The number of benzene rings is 9. The molecule has 0 unspecified atom stereocenters. The molecule has 0 bridgehead atoms. The van der Waals surface area contributed by atoms with Crippen LogP contribution < -0.4 is 0 Å². The van der Waals surface area contributed by atoms with Gasteiger partial charge in [-0.25, -0.2) is 0 Å². The molecule has 0 atom stereocenters. The lowest BCUT2D eigenvalue weighted by Gasteiger charge is -2.19. The van der Waals surface area contributed by atoms with Crippen LogP contribution in [0.1, 0.15) is 23.3 Å². The van der Waals surface area contributed by atoms with Gasteiger partial charge in [-0.3, -0.25) is 0 Å². The van der Waals surface area contributed by atoms with E-state index in [-0.39, 0.29) is 21.9 Å². The van der Waals surface area contributed by atoms with E-state index < -0.39 is 136 Å². The number of hydrogen-bond acceptors (Lipinski definition) is 2. The first-order valence-electron chi connectivity index (χ1n) is 24.9. The molecule has 242 valence electrons. The summed E-state index contributed by atoms with van der Waals surface area (Å²) in [5.74, 6) is 0. The van der Waals surface area contributed by atoms with Crippen molar-refractivity contribution in [2.45, 2.75) is 0 Å². The fourth-order valence-electron chi connectivity index (χ4n) is 7.29. The van der Waals surface area contributed by atoms with Gasteiger partial charge in [-0.2, -0.15) is 0 Å². The Labute approximate surface area is 323 Å². The number of furan rings is 2. The first-order valence-corrected chi connectivity index (χ1v) is 16.4. The number of rotatable bonds is 4. The van der Waals surface area contributed by atoms with Crippen LogP contribution in [-0.2, 0) is 0 Å². The molecule has 0 radical (unpaired) electrons. The molecule has 0 fully saturated rings. The van der Waals surface area contributed by atoms with Gasteiger partial charge in [-0.1, -0.05) is 163 Å². The minimum atomic E-state index is -0.866. The van der Waals surface area contributed by atoms with Crippen LogP contribution >= 0.6 is 0 Å². The van der Waals surface area contributed by atoms with Crippen molar-refractivity contribution in [3.05, 3.63) is 182 Å². The standard InChI is InChI=1S/C50H30O2/c1-2-13-31(14-3-1)34-15-4-5-17-37(34)49-40-20-8-6-18-38(40)48(39-19-7-9-21-41(39)49)33-27-25-32(26-28-33)35-22-12-23-42-44-30-46-43(29-47(44)52-50(35)42)36-16-10-11-24-45(36)51-46/h1-30H/i1D,2D,3D,4D,5D,6D,7D,8D,9D,13D,14D,15D,17D,18D,19D,20D,21D. The van der Waals surface area contributed by atoms with Crippen molar-refractivity contribution < 1.29 is 32.1 Å². The molecule has 0 spiro atoms. The molecule has 52 heavy (non-hydrogen) atoms. The third kappa shape index (κ3) is 4.31. The maximum absolute atomic E-state index is 9.44. The fraction of sp³-hybridized carbons (Fsp3) is 0. The largest absolute Gasteiger partial charge is 0.456 e. The lowest BCUT2D eigenvalue weighted by Crippen LogP contribution is -1.92. The molecule has 11 rings (SSSR count). The predicted molar refractivity (Wildman–Crippen MR) is 218 cm³/mol. The Hall–Kier alpha value is -6.90. The molecule has 11 aromatic rings. The molecule has 0 saturated carbocycles. The zero-order chi connectivity index (χ0) is 49.0. The van der Waals surface area contributed by atoms with Crippen LogP contribution in [0.15, 0.2) is 190 Å². The first kappa shape index (κ1) is 16.9. The van der Waals surface area contributed by atoms with Crippen molar-refractivity contribution in [1.82, 2.24) is 0 Å². The minimum absolute atomic E-state index is 0.0452. The smallest absolute Gasteiger partial charge is 0.143 e. The quantitative estimate of drug-likeness (QED) is 0.173. The van der Waals surface area contributed by atoms with Gasteiger partial charge in [0.05, 0.1) is 23.3 Å². The van der Waals surface area contributed by atoms with Crippen molar-refractivity contribution in [3.63, 3.8) is 0 Å². The van der Waals surface area contributed by atoms with Crippen molar-refractivity contribution in [3.8, 4) is 44.5 Å².